The van der Waals surface area contributed by atoms with Crippen molar-refractivity contribution in [1.82, 2.24) is 25.1 Å². The molecule has 5 rings (SSSR count). The number of thioether (sulfide) groups is 2. The first-order valence-corrected chi connectivity index (χ1v) is 13.5. The first-order chi connectivity index (χ1) is 17.6. The van der Waals surface area contributed by atoms with Gasteiger partial charge in [0.15, 0.2) is 6.10 Å². The van der Waals surface area contributed by atoms with E-state index in [4.69, 9.17) is 9.47 Å². The quantitative estimate of drug-likeness (QED) is 0.237. The van der Waals surface area contributed by atoms with E-state index in [0.29, 0.717) is 29.5 Å². The third-order valence-corrected chi connectivity index (χ3v) is 8.31. The van der Waals surface area contributed by atoms with Crippen molar-refractivity contribution in [3.05, 3.63) is 83.1 Å². The van der Waals surface area contributed by atoms with Crippen LogP contribution in [-0.4, -0.2) is 60.2 Å². The molecule has 36 heavy (non-hydrogen) atoms. The molecule has 2 aromatic carbocycles. The van der Waals surface area contributed by atoms with Gasteiger partial charge in [0.25, 0.3) is 0 Å². The summed E-state index contributed by atoms with van der Waals surface area (Å²) in [5.41, 5.74) is 2.25. The van der Waals surface area contributed by atoms with Gasteiger partial charge in [-0.3, -0.25) is 9.69 Å². The fraction of sp³-hybridized carbons (Fsp3) is 0.320. The second-order valence-corrected chi connectivity index (χ2v) is 10.4. The Morgan fingerprint density at radius 2 is 1.81 bits per heavy atom. The maximum atomic E-state index is 13.9. The Labute approximate surface area is 217 Å². The van der Waals surface area contributed by atoms with Crippen LogP contribution in [0.25, 0.3) is 0 Å². The Kier molecular flexibility index (Phi) is 7.40. The largest absolute Gasteiger partial charge is 0.448 e. The van der Waals surface area contributed by atoms with Gasteiger partial charge in [-0.15, -0.1) is 5.10 Å². The van der Waals surface area contributed by atoms with Gasteiger partial charge in [-0.05, 0) is 28.5 Å². The third-order valence-electron chi connectivity index (χ3n) is 5.90. The van der Waals surface area contributed by atoms with Crippen LogP contribution < -0.4 is 0 Å². The highest BCUT2D eigenvalue weighted by Gasteiger charge is 2.49. The molecule has 0 N–H and O–H groups in total. The number of aromatic nitrogens is 4. The molecule has 3 aromatic rings. The zero-order valence-electron chi connectivity index (χ0n) is 19.8. The number of benzene rings is 2. The fourth-order valence-electron chi connectivity index (χ4n) is 4.15. The van der Waals surface area contributed by atoms with Crippen LogP contribution in [0.3, 0.4) is 0 Å². The molecule has 2 aliphatic heterocycles. The monoisotopic (exact) mass is 523 g/mol. The number of hydrogen-bond donors (Lipinski definition) is 0. The fourth-order valence-corrected chi connectivity index (χ4v) is 6.58. The predicted molar refractivity (Wildman–Crippen MR) is 136 cm³/mol. The maximum Gasteiger partial charge on any atom is 0.356 e. The highest BCUT2D eigenvalue weighted by atomic mass is 32.2. The molecule has 0 radical (unpaired) electrons. The average Bonchev–Trinajstić information content (AvgIpc) is 3.31. The number of hydrogen-bond acceptors (Lipinski definition) is 9. The normalized spacial score (nSPS) is 19.3. The second kappa shape index (κ2) is 10.9. The third kappa shape index (κ3) is 4.91. The Balaban J connectivity index is 1.52. The lowest BCUT2D eigenvalue weighted by molar-refractivity contribution is -0.152. The van der Waals surface area contributed by atoms with Crippen molar-refractivity contribution in [1.29, 1.82) is 0 Å². The number of aryl methyl sites for hydroxylation is 1. The molecule has 0 bridgehead atoms. The van der Waals surface area contributed by atoms with Gasteiger partial charge in [-0.2, -0.15) is 0 Å². The van der Waals surface area contributed by atoms with Crippen LogP contribution in [0, 0.1) is 0 Å². The van der Waals surface area contributed by atoms with Gasteiger partial charge < -0.3 is 9.47 Å². The molecule has 1 fully saturated rings. The number of carbonyl (C=O) groups excluding carboxylic acids is 2. The van der Waals surface area contributed by atoms with Crippen molar-refractivity contribution in [3.8, 4) is 0 Å². The summed E-state index contributed by atoms with van der Waals surface area (Å²) < 4.78 is 13.8. The van der Waals surface area contributed by atoms with Gasteiger partial charge in [0.05, 0.1) is 11.8 Å². The zero-order chi connectivity index (χ0) is 25.1. The molecule has 1 unspecified atom stereocenters. The van der Waals surface area contributed by atoms with Crippen LogP contribution in [0.2, 0.25) is 0 Å². The minimum Gasteiger partial charge on any atom is -0.448 e. The number of ether oxygens (including phenoxy) is 2. The topological polar surface area (TPSA) is 99.4 Å². The summed E-state index contributed by atoms with van der Waals surface area (Å²) in [6.07, 6.45) is -0.265. The van der Waals surface area contributed by atoms with Gasteiger partial charge in [-0.25, -0.2) is 9.48 Å². The van der Waals surface area contributed by atoms with Crippen molar-refractivity contribution in [2.24, 2.45) is 7.05 Å². The molecule has 0 aliphatic carbocycles. The molecule has 11 heteroatoms. The average molecular weight is 524 g/mol. The van der Waals surface area contributed by atoms with Crippen molar-refractivity contribution in [3.63, 3.8) is 0 Å². The Morgan fingerprint density at radius 3 is 2.36 bits per heavy atom. The minimum absolute atomic E-state index is 0.104. The van der Waals surface area contributed by atoms with Crippen LogP contribution in [0.1, 0.15) is 30.6 Å². The second-order valence-electron chi connectivity index (χ2n) is 8.20. The summed E-state index contributed by atoms with van der Waals surface area (Å²) in [4.78, 5) is 28.1. The number of nitrogens with zero attached hydrogens (tertiary/aromatic N) is 5. The molecular formula is C25H25N5O4S2. The van der Waals surface area contributed by atoms with Gasteiger partial charge in [0.2, 0.25) is 11.1 Å². The van der Waals surface area contributed by atoms with Crippen molar-refractivity contribution in [2.45, 2.75) is 35.4 Å². The first kappa shape index (κ1) is 24.5. The lowest BCUT2D eigenvalue weighted by Gasteiger charge is -2.46. The highest BCUT2D eigenvalue weighted by molar-refractivity contribution is 8.01. The van der Waals surface area contributed by atoms with E-state index in [0.717, 1.165) is 11.1 Å². The van der Waals surface area contributed by atoms with E-state index < -0.39 is 12.1 Å². The SMILES string of the molecule is CCOC1S[C@@H]2CC(=O)N2C(C(=O)OC(c2ccccc2)c2ccccc2)=C1CSc1nnnn1C. The van der Waals surface area contributed by atoms with Crippen LogP contribution in [0.15, 0.2) is 77.1 Å². The molecule has 1 amide bonds. The summed E-state index contributed by atoms with van der Waals surface area (Å²) in [6, 6.07) is 19.2. The molecule has 3 heterocycles. The molecule has 1 saturated heterocycles. The predicted octanol–water partition coefficient (Wildman–Crippen LogP) is 3.56. The molecule has 2 atom stereocenters. The van der Waals surface area contributed by atoms with Crippen molar-refractivity contribution < 1.29 is 19.1 Å². The lowest BCUT2D eigenvalue weighted by atomic mass is 10.0. The van der Waals surface area contributed by atoms with Gasteiger partial charge in [0, 0.05) is 25.0 Å². The van der Waals surface area contributed by atoms with E-state index in [9.17, 15) is 9.59 Å². The standard InChI is InChI=1S/C25H25N5O4S2/c1-3-33-24-18(15-35-25-26-27-28-29(25)2)21(30-19(31)14-20(30)36-24)23(32)34-22(16-10-6-4-7-11-16)17-12-8-5-9-13-17/h4-13,20,22,24H,3,14-15H2,1-2H3/t20-,24?/m1/s1. The van der Waals surface area contributed by atoms with E-state index in [-0.39, 0.29) is 22.4 Å². The van der Waals surface area contributed by atoms with Crippen LogP contribution in [0.4, 0.5) is 0 Å². The van der Waals surface area contributed by atoms with Gasteiger partial charge in [0.1, 0.15) is 11.1 Å². The van der Waals surface area contributed by atoms with Crippen molar-refractivity contribution in [2.75, 3.05) is 12.4 Å². The van der Waals surface area contributed by atoms with Gasteiger partial charge in [-0.1, -0.05) is 84.2 Å². The minimum atomic E-state index is -0.626. The smallest absolute Gasteiger partial charge is 0.356 e. The van der Waals surface area contributed by atoms with Crippen molar-refractivity contribution >= 4 is 35.4 Å². The molecule has 1 aromatic heterocycles. The molecule has 9 nitrogen and oxygen atoms in total. The van der Waals surface area contributed by atoms with E-state index in [1.54, 1.807) is 16.6 Å². The summed E-state index contributed by atoms with van der Waals surface area (Å²) >= 11 is 2.92. The molecule has 2 aliphatic rings. The summed E-state index contributed by atoms with van der Waals surface area (Å²) in [7, 11) is 1.75. The molecule has 186 valence electrons. The van der Waals surface area contributed by atoms with E-state index >= 15 is 0 Å². The number of rotatable bonds is 9. The number of amides is 1. The number of carbonyl (C=O) groups is 2. The molecule has 0 spiro atoms. The zero-order valence-corrected chi connectivity index (χ0v) is 21.4. The number of fused-ring (bicyclic) bond motifs is 1. The van der Waals surface area contributed by atoms with E-state index in [1.165, 1.54) is 23.5 Å². The highest BCUT2D eigenvalue weighted by Crippen LogP contribution is 2.46. The summed E-state index contributed by atoms with van der Waals surface area (Å²) in [5, 5.41) is 12.0. The molecule has 0 saturated carbocycles. The number of esters is 1. The summed E-state index contributed by atoms with van der Waals surface area (Å²) in [5.74, 6) is -0.288. The Bertz CT molecular complexity index is 1230. The molecular weight excluding hydrogens is 498 g/mol. The Morgan fingerprint density at radius 1 is 1.14 bits per heavy atom. The van der Waals surface area contributed by atoms with Gasteiger partial charge >= 0.3 is 5.97 Å². The van der Waals surface area contributed by atoms with Crippen LogP contribution in [-0.2, 0) is 26.1 Å². The number of β-lactam (4-membered cyclic amide) rings is 1. The first-order valence-electron chi connectivity index (χ1n) is 11.5. The van der Waals surface area contributed by atoms with Crippen LogP contribution >= 0.6 is 23.5 Å². The van der Waals surface area contributed by atoms with Crippen LogP contribution in [0.5, 0.6) is 0 Å². The van der Waals surface area contributed by atoms with E-state index in [1.807, 2.05) is 67.6 Å². The van der Waals surface area contributed by atoms with E-state index in [2.05, 4.69) is 15.5 Å². The summed E-state index contributed by atoms with van der Waals surface area (Å²) in [6.45, 7) is 2.38. The lowest BCUT2D eigenvalue weighted by Crippen LogP contribution is -2.56. The number of tetrazole rings is 1. The Hall–Kier alpha value is -3.15. The maximum absolute atomic E-state index is 13.9.